The van der Waals surface area contributed by atoms with Crippen molar-refractivity contribution in [3.63, 3.8) is 0 Å². The molecule has 0 spiro atoms. The summed E-state index contributed by atoms with van der Waals surface area (Å²) in [5.41, 5.74) is 7.57. The molecule has 5 aliphatic rings. The second kappa shape index (κ2) is 6.98. The molecule has 1 saturated heterocycles. The molecule has 1 heterocycles. The Morgan fingerprint density at radius 2 is 1.17 bits per heavy atom. The molecule has 4 heteroatoms. The molecule has 0 amide bonds. The van der Waals surface area contributed by atoms with Gasteiger partial charge < -0.3 is 24.8 Å². The monoisotopic (exact) mass is 544 g/mol. The molecule has 0 nitrogen and oxygen atoms in total. The molecule has 1 fully saturated rings. The fourth-order valence-corrected chi connectivity index (χ4v) is 24.8. The first-order chi connectivity index (χ1) is 10.7. The molecular formula is C20H26Cl2HfSi. The van der Waals surface area contributed by atoms with E-state index in [0.717, 1.165) is 7.35 Å². The maximum atomic E-state index is 2.74. The summed E-state index contributed by atoms with van der Waals surface area (Å²) in [6.07, 6.45) is 17.1. The Morgan fingerprint density at radius 3 is 1.62 bits per heavy atom. The maximum Gasteiger partial charge on any atom is -1.00 e. The van der Waals surface area contributed by atoms with Crippen LogP contribution in [0, 0.1) is 0 Å². The van der Waals surface area contributed by atoms with Gasteiger partial charge in [0.1, 0.15) is 0 Å². The summed E-state index contributed by atoms with van der Waals surface area (Å²) in [6.45, 7) is 5.37. The van der Waals surface area contributed by atoms with Crippen LogP contribution in [0.3, 0.4) is 0 Å². The number of hydrogen-bond donors (Lipinski definition) is 0. The fourth-order valence-electron chi connectivity index (χ4n) is 5.61. The smallest absolute Gasteiger partial charge is 1.00 e. The van der Waals surface area contributed by atoms with E-state index in [0.29, 0.717) is 0 Å². The molecule has 2 unspecified atom stereocenters. The molecule has 4 aliphatic carbocycles. The van der Waals surface area contributed by atoms with E-state index in [9.17, 15) is 0 Å². The molecule has 0 N–H and O–H groups in total. The zero-order chi connectivity index (χ0) is 14.9. The summed E-state index contributed by atoms with van der Waals surface area (Å²) in [4.78, 5) is 0. The summed E-state index contributed by atoms with van der Waals surface area (Å²) in [5.74, 6) is 0. The first kappa shape index (κ1) is 19.4. The Bertz CT molecular complexity index is 628. The fraction of sp³-hybridized carbons (Fsp3) is 0.600. The number of hydrogen-bond acceptors (Lipinski definition) is 0. The van der Waals surface area contributed by atoms with Gasteiger partial charge in [-0.3, -0.25) is 0 Å². The minimum Gasteiger partial charge on any atom is -1.00 e. The zero-order valence-electron chi connectivity index (χ0n) is 14.7. The molecule has 24 heavy (non-hydrogen) atoms. The minimum absolute atomic E-state index is 0. The Labute approximate surface area is 171 Å². The standard InChI is InChI=1S/C20H26Si.2ClH.Hf/c1-21(2,19-11-15-7-3-4-8-16(15)12-19)20-13-17-9-5-6-10-18(17)14-20;;;/h11-14H,3-10H2,1-2H3;2*1H;/q;;;+2/p-2. The SMILES string of the molecule is C[Si]1(C)C2=CC3=C(CCCC3)[CH]2[Hf+2][CH]2C1=CC1=C2CCCC1.[Cl-].[Cl-]. The number of halogens is 2. The van der Waals surface area contributed by atoms with Crippen LogP contribution in [0.4, 0.5) is 0 Å². The van der Waals surface area contributed by atoms with Crippen molar-refractivity contribution in [1.29, 1.82) is 0 Å². The topological polar surface area (TPSA) is 0 Å². The van der Waals surface area contributed by atoms with Crippen molar-refractivity contribution >= 4 is 8.07 Å². The van der Waals surface area contributed by atoms with E-state index in [1.54, 1.807) is 0 Å². The van der Waals surface area contributed by atoms with E-state index in [1.807, 2.05) is 32.7 Å². The molecule has 128 valence electrons. The van der Waals surface area contributed by atoms with Gasteiger partial charge in [0.25, 0.3) is 0 Å². The Morgan fingerprint density at radius 1 is 0.750 bits per heavy atom. The van der Waals surface area contributed by atoms with Crippen molar-refractivity contribution < 1.29 is 47.7 Å². The van der Waals surface area contributed by atoms with Gasteiger partial charge in [0.05, 0.1) is 0 Å². The van der Waals surface area contributed by atoms with Gasteiger partial charge >= 0.3 is 148 Å². The van der Waals surface area contributed by atoms with Gasteiger partial charge in [0.15, 0.2) is 0 Å². The van der Waals surface area contributed by atoms with Gasteiger partial charge in [0.2, 0.25) is 0 Å². The molecule has 5 rings (SSSR count). The van der Waals surface area contributed by atoms with Crippen molar-refractivity contribution in [3.05, 3.63) is 44.8 Å². The first-order valence-corrected chi connectivity index (χ1v) is 16.4. The third kappa shape index (κ3) is 2.70. The average Bonchev–Trinajstić information content (AvgIpc) is 3.08. The second-order valence-electron chi connectivity index (χ2n) is 8.37. The summed E-state index contributed by atoms with van der Waals surface area (Å²) < 4.78 is 2.10. The van der Waals surface area contributed by atoms with Crippen LogP contribution in [0.2, 0.25) is 20.4 Å². The average molecular weight is 544 g/mol. The third-order valence-electron chi connectivity index (χ3n) is 6.86. The van der Waals surface area contributed by atoms with E-state index in [2.05, 4.69) is 25.2 Å². The molecule has 0 saturated carbocycles. The van der Waals surface area contributed by atoms with E-state index in [-0.39, 0.29) is 24.8 Å². The van der Waals surface area contributed by atoms with Crippen molar-refractivity contribution in [2.45, 2.75) is 71.8 Å². The zero-order valence-corrected chi connectivity index (χ0v) is 20.8. The first-order valence-electron chi connectivity index (χ1n) is 9.30. The third-order valence-corrected chi connectivity index (χ3v) is 19.8. The van der Waals surface area contributed by atoms with E-state index >= 15 is 0 Å². The quantitative estimate of drug-likeness (QED) is 0.380. The van der Waals surface area contributed by atoms with E-state index in [4.69, 9.17) is 0 Å². The molecule has 0 aromatic carbocycles. The summed E-state index contributed by atoms with van der Waals surface area (Å²) in [7, 11) is -1.34. The van der Waals surface area contributed by atoms with Gasteiger partial charge in [-0.2, -0.15) is 0 Å². The largest absolute Gasteiger partial charge is 1.00 e. The Balaban J connectivity index is 0.000000845. The summed E-state index contributed by atoms with van der Waals surface area (Å²) >= 11 is -0.646. The van der Waals surface area contributed by atoms with Crippen LogP contribution in [0.1, 0.15) is 51.4 Å². The van der Waals surface area contributed by atoms with Crippen molar-refractivity contribution in [2.24, 2.45) is 0 Å². The molecular weight excluding hydrogens is 518 g/mol. The van der Waals surface area contributed by atoms with Crippen LogP contribution < -0.4 is 24.8 Å². The van der Waals surface area contributed by atoms with Crippen molar-refractivity contribution in [1.82, 2.24) is 0 Å². The number of fused-ring (bicyclic) bond motifs is 4. The Kier molecular flexibility index (Phi) is 5.64. The predicted octanol–water partition coefficient (Wildman–Crippen LogP) is 0.0755. The normalized spacial score (nSPS) is 31.9. The van der Waals surface area contributed by atoms with Gasteiger partial charge in [-0.25, -0.2) is 0 Å². The van der Waals surface area contributed by atoms with Crippen LogP contribution in [0.5, 0.6) is 0 Å². The van der Waals surface area contributed by atoms with Crippen LogP contribution in [0.25, 0.3) is 0 Å². The van der Waals surface area contributed by atoms with Crippen LogP contribution >= 0.6 is 0 Å². The molecule has 0 aromatic heterocycles. The van der Waals surface area contributed by atoms with Crippen LogP contribution in [-0.4, -0.2) is 8.07 Å². The van der Waals surface area contributed by atoms with Crippen molar-refractivity contribution in [2.75, 3.05) is 0 Å². The number of rotatable bonds is 0. The van der Waals surface area contributed by atoms with Gasteiger partial charge in [0, 0.05) is 0 Å². The van der Waals surface area contributed by atoms with Crippen molar-refractivity contribution in [3.8, 4) is 0 Å². The van der Waals surface area contributed by atoms with E-state index in [1.165, 1.54) is 51.4 Å². The number of allylic oxidation sites excluding steroid dienone is 8. The molecule has 0 radical (unpaired) electrons. The molecule has 2 atom stereocenters. The molecule has 1 aliphatic heterocycles. The minimum atomic E-state index is -1.34. The van der Waals surface area contributed by atoms with Gasteiger partial charge in [-0.15, -0.1) is 0 Å². The molecule has 0 aromatic rings. The molecule has 0 bridgehead atoms. The van der Waals surface area contributed by atoms with Gasteiger partial charge in [-0.05, 0) is 0 Å². The summed E-state index contributed by atoms with van der Waals surface area (Å²) in [6, 6.07) is 0. The maximum absolute atomic E-state index is 2.74. The van der Waals surface area contributed by atoms with Crippen LogP contribution in [0.15, 0.2) is 44.8 Å². The predicted molar refractivity (Wildman–Crippen MR) is 92.1 cm³/mol. The van der Waals surface area contributed by atoms with Gasteiger partial charge in [-0.1, -0.05) is 0 Å². The summed E-state index contributed by atoms with van der Waals surface area (Å²) in [5, 5.41) is 3.98. The Hall–Kier alpha value is 0.627. The van der Waals surface area contributed by atoms with Crippen LogP contribution in [-0.2, 0) is 22.9 Å². The second-order valence-corrected chi connectivity index (χ2v) is 18.1. The van der Waals surface area contributed by atoms with E-state index < -0.39 is 31.0 Å².